The molecule has 0 aliphatic carbocycles. The van der Waals surface area contributed by atoms with Crippen molar-refractivity contribution >= 4 is 17.5 Å². The second-order valence-electron chi connectivity index (χ2n) is 10.1. The van der Waals surface area contributed by atoms with Crippen molar-refractivity contribution in [2.45, 2.75) is 51.2 Å². The van der Waals surface area contributed by atoms with Crippen LogP contribution in [0.2, 0.25) is 0 Å². The fourth-order valence-electron chi connectivity index (χ4n) is 5.12. The molecule has 2 aliphatic rings. The highest BCUT2D eigenvalue weighted by atomic mass is 19.4. The highest BCUT2D eigenvalue weighted by Crippen LogP contribution is 2.32. The number of anilines is 2. The van der Waals surface area contributed by atoms with E-state index in [1.807, 2.05) is 18.7 Å². The highest BCUT2D eigenvalue weighted by Gasteiger charge is 2.42. The van der Waals surface area contributed by atoms with Gasteiger partial charge in [0.25, 0.3) is 5.56 Å². The number of carbonyl (C=O) groups is 1. The predicted octanol–water partition coefficient (Wildman–Crippen LogP) is 2.46. The fraction of sp³-hybridized carbons (Fsp3) is 0.609. The van der Waals surface area contributed by atoms with Gasteiger partial charge in [0.1, 0.15) is 5.56 Å². The van der Waals surface area contributed by atoms with Crippen LogP contribution in [0, 0.1) is 5.92 Å². The zero-order valence-corrected chi connectivity index (χ0v) is 21.3. The first-order valence-corrected chi connectivity index (χ1v) is 12.2. The number of rotatable bonds is 6. The normalized spacial score (nSPS) is 22.0. The first-order chi connectivity index (χ1) is 18.1. The monoisotopic (exact) mass is 562 g/mol. The van der Waals surface area contributed by atoms with Crippen molar-refractivity contribution in [2.75, 3.05) is 42.9 Å². The largest absolute Gasteiger partial charge is 0.423 e. The summed E-state index contributed by atoms with van der Waals surface area (Å²) in [5.41, 5.74) is -4.02. The second kappa shape index (κ2) is 10.6. The summed E-state index contributed by atoms with van der Waals surface area (Å²) in [5.74, 6) is -0.185. The highest BCUT2D eigenvalue weighted by molar-refractivity contribution is 5.81. The van der Waals surface area contributed by atoms with Crippen LogP contribution in [0.5, 0.6) is 0 Å². The lowest BCUT2D eigenvalue weighted by Crippen LogP contribution is -2.64. The Morgan fingerprint density at radius 3 is 2.15 bits per heavy atom. The van der Waals surface area contributed by atoms with Gasteiger partial charge in [-0.2, -0.15) is 31.4 Å². The molecule has 2 aromatic rings. The number of piperazine rings is 1. The number of nitrogens with zero attached hydrogens (tertiary/aromatic N) is 6. The Bertz CT molecular complexity index is 1220. The van der Waals surface area contributed by atoms with E-state index in [1.54, 1.807) is 21.8 Å². The van der Waals surface area contributed by atoms with Crippen molar-refractivity contribution in [1.82, 2.24) is 30.0 Å². The van der Waals surface area contributed by atoms with Crippen molar-refractivity contribution in [3.05, 3.63) is 40.1 Å². The molecule has 0 spiro atoms. The number of alkyl halides is 6. The maximum absolute atomic E-state index is 13.3. The first kappa shape index (κ1) is 28.6. The van der Waals surface area contributed by atoms with Gasteiger partial charge < -0.3 is 15.1 Å². The van der Waals surface area contributed by atoms with E-state index < -0.39 is 40.8 Å². The lowest BCUT2D eigenvalue weighted by Gasteiger charge is -2.48. The van der Waals surface area contributed by atoms with Crippen molar-refractivity contribution in [3.8, 4) is 0 Å². The third kappa shape index (κ3) is 6.25. The summed E-state index contributed by atoms with van der Waals surface area (Å²) in [6, 6.07) is -0.951. The van der Waals surface area contributed by atoms with E-state index in [4.69, 9.17) is 0 Å². The number of nitrogens with one attached hydrogen (secondary N) is 2. The standard InChI is InChI=1S/C23H28F6N8O2/c1-12(33-17-6-32-34-19(38)18(17)23(27,28)29)7-35-10-15(11-35)20(39)37-13(2)8-36(9-14(37)3)21-30-4-16(5-31-21)22(24,25)26/h4-6,12-15H,7-11H2,1-3H3,(H2,33,34,38)/t12-,13?,14?/m0/s1. The summed E-state index contributed by atoms with van der Waals surface area (Å²) in [5, 5.41) is 7.93. The third-order valence-corrected chi connectivity index (χ3v) is 6.80. The zero-order valence-electron chi connectivity index (χ0n) is 21.3. The van der Waals surface area contributed by atoms with E-state index in [1.165, 1.54) is 0 Å². The molecule has 0 aromatic carbocycles. The summed E-state index contributed by atoms with van der Waals surface area (Å²) >= 11 is 0. The number of amides is 1. The van der Waals surface area contributed by atoms with E-state index >= 15 is 0 Å². The van der Waals surface area contributed by atoms with Gasteiger partial charge in [0.2, 0.25) is 11.9 Å². The van der Waals surface area contributed by atoms with Gasteiger partial charge in [-0.25, -0.2) is 15.1 Å². The van der Waals surface area contributed by atoms with Crippen molar-refractivity contribution in [2.24, 2.45) is 5.92 Å². The van der Waals surface area contributed by atoms with E-state index in [9.17, 15) is 35.9 Å². The first-order valence-electron chi connectivity index (χ1n) is 12.2. The molecule has 16 heteroatoms. The number of hydrogen-bond acceptors (Lipinski definition) is 8. The molecular weight excluding hydrogens is 534 g/mol. The lowest BCUT2D eigenvalue weighted by atomic mass is 9.95. The number of halogens is 6. The van der Waals surface area contributed by atoms with Crippen LogP contribution in [0.4, 0.5) is 38.0 Å². The Morgan fingerprint density at radius 2 is 1.62 bits per heavy atom. The molecule has 2 aliphatic heterocycles. The maximum Gasteiger partial charge on any atom is 0.423 e. The summed E-state index contributed by atoms with van der Waals surface area (Å²) in [6.45, 7) is 7.26. The third-order valence-electron chi connectivity index (χ3n) is 6.80. The number of aromatic nitrogens is 4. The molecule has 39 heavy (non-hydrogen) atoms. The van der Waals surface area contributed by atoms with Crippen LogP contribution in [-0.2, 0) is 17.1 Å². The van der Waals surface area contributed by atoms with E-state index in [0.29, 0.717) is 32.7 Å². The van der Waals surface area contributed by atoms with Crippen LogP contribution in [0.1, 0.15) is 31.9 Å². The molecule has 2 saturated heterocycles. The van der Waals surface area contributed by atoms with Crippen LogP contribution in [0.25, 0.3) is 0 Å². The van der Waals surface area contributed by atoms with E-state index in [0.717, 1.165) is 18.6 Å². The molecule has 4 rings (SSSR count). The second-order valence-corrected chi connectivity index (χ2v) is 10.1. The molecule has 10 nitrogen and oxygen atoms in total. The summed E-state index contributed by atoms with van der Waals surface area (Å²) in [7, 11) is 0. The minimum absolute atomic E-state index is 0.0574. The molecular formula is C23H28F6N8O2. The van der Waals surface area contributed by atoms with Crippen molar-refractivity contribution < 1.29 is 31.1 Å². The van der Waals surface area contributed by atoms with Gasteiger partial charge in [0.15, 0.2) is 0 Å². The van der Waals surface area contributed by atoms with E-state index in [-0.39, 0.29) is 29.9 Å². The maximum atomic E-state index is 13.3. The Hall–Kier alpha value is -3.43. The molecule has 214 valence electrons. The fourth-order valence-corrected chi connectivity index (χ4v) is 5.12. The average molecular weight is 563 g/mol. The van der Waals surface area contributed by atoms with Crippen molar-refractivity contribution in [3.63, 3.8) is 0 Å². The topological polar surface area (TPSA) is 110 Å². The van der Waals surface area contributed by atoms with E-state index in [2.05, 4.69) is 20.4 Å². The van der Waals surface area contributed by atoms with Gasteiger partial charge in [0.05, 0.1) is 23.4 Å². The SMILES string of the molecule is CC1CN(c2ncc(C(F)(F)F)cn2)CC(C)N1C(=O)C1CN(C[C@H](C)Nc2cn[nH]c(=O)c2C(F)(F)F)C1. The molecule has 3 atom stereocenters. The Kier molecular flexibility index (Phi) is 7.78. The lowest BCUT2D eigenvalue weighted by molar-refractivity contribution is -0.146. The van der Waals surface area contributed by atoms with Crippen LogP contribution in [0.15, 0.2) is 23.4 Å². The summed E-state index contributed by atoms with van der Waals surface area (Å²) in [4.78, 5) is 38.0. The molecule has 2 unspecified atom stereocenters. The van der Waals surface area contributed by atoms with Crippen LogP contribution < -0.4 is 15.8 Å². The van der Waals surface area contributed by atoms with Crippen LogP contribution in [-0.4, -0.2) is 86.7 Å². The van der Waals surface area contributed by atoms with Gasteiger partial charge >= 0.3 is 12.4 Å². The zero-order chi connectivity index (χ0) is 28.7. The molecule has 0 bridgehead atoms. The average Bonchev–Trinajstić information content (AvgIpc) is 2.79. The van der Waals surface area contributed by atoms with Crippen LogP contribution in [0.3, 0.4) is 0 Å². The molecule has 2 N–H and O–H groups in total. The molecule has 0 radical (unpaired) electrons. The number of aromatic amines is 1. The predicted molar refractivity (Wildman–Crippen MR) is 128 cm³/mol. The van der Waals surface area contributed by atoms with Gasteiger partial charge in [0, 0.05) is 63.2 Å². The summed E-state index contributed by atoms with van der Waals surface area (Å²) < 4.78 is 78.2. The molecule has 1 amide bonds. The number of hydrogen-bond donors (Lipinski definition) is 2. The van der Waals surface area contributed by atoms with Crippen LogP contribution >= 0.6 is 0 Å². The number of carbonyl (C=O) groups excluding carboxylic acids is 1. The Balaban J connectivity index is 1.30. The minimum atomic E-state index is -4.84. The van der Waals surface area contributed by atoms with Crippen molar-refractivity contribution in [1.29, 1.82) is 0 Å². The Morgan fingerprint density at radius 1 is 1.03 bits per heavy atom. The minimum Gasteiger partial charge on any atom is -0.379 e. The summed E-state index contributed by atoms with van der Waals surface area (Å²) in [6.07, 6.45) is -6.97. The van der Waals surface area contributed by atoms with Gasteiger partial charge in [-0.15, -0.1) is 0 Å². The van der Waals surface area contributed by atoms with Gasteiger partial charge in [-0.1, -0.05) is 0 Å². The smallest absolute Gasteiger partial charge is 0.379 e. The number of likely N-dealkylation sites (tertiary alicyclic amines) is 1. The molecule has 0 saturated carbocycles. The van der Waals surface area contributed by atoms with Gasteiger partial charge in [-0.3, -0.25) is 14.5 Å². The quantitative estimate of drug-likeness (QED) is 0.517. The molecule has 4 heterocycles. The number of H-pyrrole nitrogens is 1. The molecule has 2 aromatic heterocycles. The molecule has 2 fully saturated rings. The van der Waals surface area contributed by atoms with Gasteiger partial charge in [-0.05, 0) is 20.8 Å². The Labute approximate surface area is 219 Å².